The first-order valence-electron chi connectivity index (χ1n) is 12.4. The molecule has 3 aromatic carbocycles. The molecule has 1 aliphatic rings. The Morgan fingerprint density at radius 3 is 2.58 bits per heavy atom. The molecule has 186 valence electrons. The van der Waals surface area contributed by atoms with E-state index in [0.29, 0.717) is 5.75 Å². The van der Waals surface area contributed by atoms with Crippen molar-refractivity contribution in [1.82, 2.24) is 15.1 Å². The van der Waals surface area contributed by atoms with Crippen molar-refractivity contribution in [1.29, 1.82) is 0 Å². The maximum absolute atomic E-state index is 13.4. The van der Waals surface area contributed by atoms with Crippen LogP contribution < -0.4 is 14.8 Å². The van der Waals surface area contributed by atoms with Crippen LogP contribution in [0.1, 0.15) is 44.3 Å². The number of methoxy groups -OCH3 is 1. The maximum Gasteiger partial charge on any atom is 0.223 e. The molecular weight excluding hydrogens is 457 g/mol. The van der Waals surface area contributed by atoms with Crippen molar-refractivity contribution in [2.45, 2.75) is 44.8 Å². The molecule has 0 spiro atoms. The fourth-order valence-corrected chi connectivity index (χ4v) is 4.90. The number of hydrogen-bond donors (Lipinski definition) is 1. The van der Waals surface area contributed by atoms with Gasteiger partial charge in [0.2, 0.25) is 5.91 Å². The highest BCUT2D eigenvalue weighted by atomic mass is 19.1. The summed E-state index contributed by atoms with van der Waals surface area (Å²) in [5, 5.41) is 8.57. The van der Waals surface area contributed by atoms with Crippen molar-refractivity contribution < 1.29 is 18.7 Å². The van der Waals surface area contributed by atoms with E-state index < -0.39 is 6.10 Å². The number of halogens is 1. The topological polar surface area (TPSA) is 65.4 Å². The lowest BCUT2D eigenvalue weighted by atomic mass is 10.0. The van der Waals surface area contributed by atoms with E-state index in [2.05, 4.69) is 10.4 Å². The number of carbonyl (C=O) groups excluding carboxylic acids is 1. The number of rotatable bonds is 8. The van der Waals surface area contributed by atoms with Crippen molar-refractivity contribution in [2.75, 3.05) is 7.11 Å². The van der Waals surface area contributed by atoms with Crippen LogP contribution in [0.25, 0.3) is 16.6 Å². The summed E-state index contributed by atoms with van der Waals surface area (Å²) in [7, 11) is 1.63. The summed E-state index contributed by atoms with van der Waals surface area (Å²) >= 11 is 0. The van der Waals surface area contributed by atoms with Crippen LogP contribution in [-0.4, -0.2) is 28.8 Å². The molecule has 7 heteroatoms. The van der Waals surface area contributed by atoms with Gasteiger partial charge in [0.15, 0.2) is 0 Å². The normalized spacial score (nSPS) is 15.5. The van der Waals surface area contributed by atoms with Gasteiger partial charge < -0.3 is 14.8 Å². The summed E-state index contributed by atoms with van der Waals surface area (Å²) in [5.74, 6) is 1.27. The van der Waals surface area contributed by atoms with E-state index in [1.54, 1.807) is 30.1 Å². The van der Waals surface area contributed by atoms with Gasteiger partial charge in [-0.3, -0.25) is 4.79 Å². The van der Waals surface area contributed by atoms with Gasteiger partial charge in [-0.25, -0.2) is 9.07 Å². The third kappa shape index (κ3) is 5.05. The van der Waals surface area contributed by atoms with E-state index >= 15 is 0 Å². The lowest BCUT2D eigenvalue weighted by Gasteiger charge is -2.28. The SMILES string of the molecule is COc1cccc([C@@H](Oc2ccc3c(cnn3-c3ccc(F)cc3)c2)[C@H](C)NC(=O)C2CCCC2)c1. The Bertz CT molecular complexity index is 1350. The van der Waals surface area contributed by atoms with Gasteiger partial charge in [0.25, 0.3) is 0 Å². The smallest absolute Gasteiger partial charge is 0.223 e. The lowest BCUT2D eigenvalue weighted by molar-refractivity contribution is -0.126. The third-order valence-corrected chi connectivity index (χ3v) is 6.85. The fourth-order valence-electron chi connectivity index (χ4n) is 4.90. The van der Waals surface area contributed by atoms with Crippen LogP contribution in [0.4, 0.5) is 4.39 Å². The molecule has 1 fully saturated rings. The highest BCUT2D eigenvalue weighted by Gasteiger charge is 2.28. The molecule has 1 aromatic heterocycles. The van der Waals surface area contributed by atoms with E-state index in [1.165, 1.54) is 12.1 Å². The summed E-state index contributed by atoms with van der Waals surface area (Å²) < 4.78 is 27.1. The maximum atomic E-state index is 13.4. The van der Waals surface area contributed by atoms with Crippen LogP contribution in [-0.2, 0) is 4.79 Å². The molecule has 0 unspecified atom stereocenters. The molecule has 2 atom stereocenters. The number of amides is 1. The predicted octanol–water partition coefficient (Wildman–Crippen LogP) is 5.99. The number of aromatic nitrogens is 2. The molecule has 1 N–H and O–H groups in total. The van der Waals surface area contributed by atoms with Crippen LogP contribution >= 0.6 is 0 Å². The van der Waals surface area contributed by atoms with Crippen molar-refractivity contribution in [3.63, 3.8) is 0 Å². The first kappa shape index (κ1) is 23.9. The van der Waals surface area contributed by atoms with Gasteiger partial charge in [-0.05, 0) is 79.9 Å². The molecular formula is C29H30FN3O3. The Kier molecular flexibility index (Phi) is 6.89. The van der Waals surface area contributed by atoms with Crippen molar-refractivity contribution in [3.05, 3.63) is 84.3 Å². The average Bonchev–Trinajstić information content (AvgIpc) is 3.58. The molecule has 5 rings (SSSR count). The number of carbonyl (C=O) groups is 1. The second kappa shape index (κ2) is 10.4. The zero-order valence-corrected chi connectivity index (χ0v) is 20.5. The largest absolute Gasteiger partial charge is 0.497 e. The van der Waals surface area contributed by atoms with Gasteiger partial charge in [-0.15, -0.1) is 0 Å². The predicted molar refractivity (Wildman–Crippen MR) is 137 cm³/mol. The molecule has 1 amide bonds. The molecule has 0 radical (unpaired) electrons. The van der Waals surface area contributed by atoms with Crippen LogP contribution in [0.5, 0.6) is 11.5 Å². The summed E-state index contributed by atoms with van der Waals surface area (Å²) in [4.78, 5) is 12.9. The summed E-state index contributed by atoms with van der Waals surface area (Å²) in [6.45, 7) is 1.97. The van der Waals surface area contributed by atoms with Crippen LogP contribution in [0.2, 0.25) is 0 Å². The lowest BCUT2D eigenvalue weighted by Crippen LogP contribution is -2.41. The zero-order chi connectivity index (χ0) is 25.1. The third-order valence-electron chi connectivity index (χ3n) is 6.85. The molecule has 6 nitrogen and oxygen atoms in total. The molecule has 1 saturated carbocycles. The summed E-state index contributed by atoms with van der Waals surface area (Å²) in [6, 6.07) is 19.5. The van der Waals surface area contributed by atoms with Crippen molar-refractivity contribution in [2.24, 2.45) is 5.92 Å². The minimum Gasteiger partial charge on any atom is -0.497 e. The Labute approximate surface area is 210 Å². The van der Waals surface area contributed by atoms with E-state index in [-0.39, 0.29) is 23.7 Å². The Morgan fingerprint density at radius 1 is 1.06 bits per heavy atom. The van der Waals surface area contributed by atoms with Gasteiger partial charge in [-0.1, -0.05) is 25.0 Å². The minimum absolute atomic E-state index is 0.0760. The quantitative estimate of drug-likeness (QED) is 0.332. The van der Waals surface area contributed by atoms with Crippen molar-refractivity contribution in [3.8, 4) is 17.2 Å². The van der Waals surface area contributed by atoms with Crippen LogP contribution in [0.3, 0.4) is 0 Å². The standard InChI is InChI=1S/C29H30FN3O3/c1-19(32-29(34)20-6-3-4-7-20)28(21-8-5-9-25(16-21)35-2)36-26-14-15-27-22(17-26)18-31-33(27)24-12-10-23(30)11-13-24/h5,8-20,28H,3-4,6-7H2,1-2H3,(H,32,34)/t19-,28-/m0/s1. The summed E-state index contributed by atoms with van der Waals surface area (Å²) in [6.07, 6.45) is 5.43. The Balaban J connectivity index is 1.42. The first-order valence-corrected chi connectivity index (χ1v) is 12.4. The molecule has 4 aromatic rings. The molecule has 36 heavy (non-hydrogen) atoms. The van der Waals surface area contributed by atoms with Crippen LogP contribution in [0, 0.1) is 11.7 Å². The average molecular weight is 488 g/mol. The minimum atomic E-state index is -0.421. The van der Waals surface area contributed by atoms with Gasteiger partial charge in [0.05, 0.1) is 30.6 Å². The molecule has 0 aliphatic heterocycles. The van der Waals surface area contributed by atoms with Gasteiger partial charge in [0.1, 0.15) is 23.4 Å². The van der Waals surface area contributed by atoms with E-state index in [1.807, 2.05) is 49.4 Å². The van der Waals surface area contributed by atoms with E-state index in [0.717, 1.165) is 53.6 Å². The number of benzene rings is 3. The monoisotopic (exact) mass is 487 g/mol. The second-order valence-electron chi connectivity index (χ2n) is 9.35. The Hall–Kier alpha value is -3.87. The molecule has 1 heterocycles. The Morgan fingerprint density at radius 2 is 1.83 bits per heavy atom. The zero-order valence-electron chi connectivity index (χ0n) is 20.5. The number of nitrogens with zero attached hydrogens (tertiary/aromatic N) is 2. The van der Waals surface area contributed by atoms with Gasteiger partial charge in [0, 0.05) is 11.3 Å². The molecule has 0 bridgehead atoms. The van der Waals surface area contributed by atoms with Gasteiger partial charge >= 0.3 is 0 Å². The van der Waals surface area contributed by atoms with Crippen molar-refractivity contribution >= 4 is 16.8 Å². The summed E-state index contributed by atoms with van der Waals surface area (Å²) in [5.41, 5.74) is 2.57. The van der Waals surface area contributed by atoms with Crippen LogP contribution in [0.15, 0.2) is 72.9 Å². The number of ether oxygens (including phenoxy) is 2. The highest BCUT2D eigenvalue weighted by molar-refractivity contribution is 5.82. The second-order valence-corrected chi connectivity index (χ2v) is 9.35. The molecule has 1 aliphatic carbocycles. The van der Waals surface area contributed by atoms with E-state index in [4.69, 9.17) is 9.47 Å². The van der Waals surface area contributed by atoms with E-state index in [9.17, 15) is 9.18 Å². The fraction of sp³-hybridized carbons (Fsp3) is 0.310. The number of fused-ring (bicyclic) bond motifs is 1. The van der Waals surface area contributed by atoms with Gasteiger partial charge in [-0.2, -0.15) is 5.10 Å². The number of hydrogen-bond acceptors (Lipinski definition) is 4. The molecule has 0 saturated heterocycles. The first-order chi connectivity index (χ1) is 17.5. The highest BCUT2D eigenvalue weighted by Crippen LogP contribution is 2.31. The number of nitrogens with one attached hydrogen (secondary N) is 1.